The number of aryl methyl sites for hydroxylation is 1. The number of carbonyl (C=O) groups excluding carboxylic acids is 1. The van der Waals surface area contributed by atoms with Crippen molar-refractivity contribution < 1.29 is 4.79 Å². The van der Waals surface area contributed by atoms with E-state index in [0.29, 0.717) is 0 Å². The van der Waals surface area contributed by atoms with Crippen molar-refractivity contribution in [3.63, 3.8) is 0 Å². The van der Waals surface area contributed by atoms with Crippen LogP contribution in [0.2, 0.25) is 0 Å². The number of nitrogens with zero attached hydrogens (tertiary/aromatic N) is 1. The van der Waals surface area contributed by atoms with Crippen molar-refractivity contribution in [1.29, 1.82) is 0 Å². The Bertz CT molecular complexity index is 681. The zero-order valence-corrected chi connectivity index (χ0v) is 14.1. The first-order chi connectivity index (χ1) is 10.5. The maximum atomic E-state index is 11.8. The molecule has 0 saturated heterocycles. The first-order valence-electron chi connectivity index (χ1n) is 6.94. The lowest BCUT2D eigenvalue weighted by Crippen LogP contribution is -2.26. The van der Waals surface area contributed by atoms with E-state index in [4.69, 9.17) is 0 Å². The van der Waals surface area contributed by atoms with Crippen molar-refractivity contribution in [2.75, 3.05) is 11.9 Å². The van der Waals surface area contributed by atoms with Crippen LogP contribution in [0.15, 0.2) is 58.1 Å². The van der Waals surface area contributed by atoms with Gasteiger partial charge in [0.05, 0.1) is 12.3 Å². The smallest absolute Gasteiger partial charge is 0.259 e. The van der Waals surface area contributed by atoms with Gasteiger partial charge in [-0.1, -0.05) is 45.8 Å². The number of hydrogen-bond donors (Lipinski definition) is 2. The molecule has 2 N–H and O–H groups in total. The molecule has 114 valence electrons. The van der Waals surface area contributed by atoms with Crippen LogP contribution in [0, 0.1) is 6.92 Å². The number of hydrazone groups is 1. The number of nitrogens with one attached hydrogen (secondary N) is 2. The van der Waals surface area contributed by atoms with E-state index < -0.39 is 0 Å². The van der Waals surface area contributed by atoms with Gasteiger partial charge in [-0.25, -0.2) is 5.43 Å². The maximum absolute atomic E-state index is 11.8. The molecule has 0 aliphatic rings. The highest BCUT2D eigenvalue weighted by Gasteiger charge is 2.02. The number of amides is 1. The molecule has 4 nitrogen and oxygen atoms in total. The van der Waals surface area contributed by atoms with Crippen molar-refractivity contribution in [3.8, 4) is 0 Å². The molecule has 0 aromatic heterocycles. The predicted octanol–water partition coefficient (Wildman–Crippen LogP) is 3.71. The average Bonchev–Trinajstić information content (AvgIpc) is 2.52. The van der Waals surface area contributed by atoms with Crippen molar-refractivity contribution in [1.82, 2.24) is 5.43 Å². The van der Waals surface area contributed by atoms with Crippen LogP contribution in [0.5, 0.6) is 0 Å². The SMILES string of the molecule is C/C(=N/NC(=O)CNc1ccc(C)cc1)c1cccc(Br)c1. The van der Waals surface area contributed by atoms with Gasteiger partial charge in [-0.2, -0.15) is 5.10 Å². The van der Waals surface area contributed by atoms with Gasteiger partial charge < -0.3 is 5.32 Å². The second-order valence-electron chi connectivity index (χ2n) is 4.96. The largest absolute Gasteiger partial charge is 0.376 e. The third-order valence-electron chi connectivity index (χ3n) is 3.10. The van der Waals surface area contributed by atoms with Crippen molar-refractivity contribution in [3.05, 3.63) is 64.1 Å². The molecule has 2 rings (SSSR count). The molecule has 0 fully saturated rings. The fraction of sp³-hybridized carbons (Fsp3) is 0.176. The summed E-state index contributed by atoms with van der Waals surface area (Å²) in [7, 11) is 0. The monoisotopic (exact) mass is 359 g/mol. The summed E-state index contributed by atoms with van der Waals surface area (Å²) >= 11 is 3.41. The van der Waals surface area contributed by atoms with Gasteiger partial charge in [0.15, 0.2) is 0 Å². The van der Waals surface area contributed by atoms with Crippen LogP contribution >= 0.6 is 15.9 Å². The number of rotatable bonds is 5. The van der Waals surface area contributed by atoms with Gasteiger partial charge in [0, 0.05) is 10.2 Å². The van der Waals surface area contributed by atoms with Gasteiger partial charge >= 0.3 is 0 Å². The summed E-state index contributed by atoms with van der Waals surface area (Å²) in [6, 6.07) is 15.7. The van der Waals surface area contributed by atoms with E-state index in [1.807, 2.05) is 62.4 Å². The fourth-order valence-electron chi connectivity index (χ4n) is 1.82. The Hall–Kier alpha value is -2.14. The zero-order valence-electron chi connectivity index (χ0n) is 12.6. The minimum absolute atomic E-state index is 0.179. The second kappa shape index (κ2) is 7.75. The third-order valence-corrected chi connectivity index (χ3v) is 3.59. The molecule has 2 aromatic carbocycles. The van der Waals surface area contributed by atoms with Crippen molar-refractivity contribution in [2.45, 2.75) is 13.8 Å². The zero-order chi connectivity index (χ0) is 15.9. The molecule has 0 aliphatic carbocycles. The lowest BCUT2D eigenvalue weighted by molar-refractivity contribution is -0.119. The number of anilines is 1. The molecule has 0 unspecified atom stereocenters. The van der Waals surface area contributed by atoms with E-state index in [9.17, 15) is 4.79 Å². The van der Waals surface area contributed by atoms with E-state index in [1.165, 1.54) is 5.56 Å². The van der Waals surface area contributed by atoms with E-state index in [1.54, 1.807) is 0 Å². The second-order valence-corrected chi connectivity index (χ2v) is 5.88. The van der Waals surface area contributed by atoms with Crippen LogP contribution < -0.4 is 10.7 Å². The molecule has 0 bridgehead atoms. The fourth-order valence-corrected chi connectivity index (χ4v) is 2.22. The number of hydrogen-bond acceptors (Lipinski definition) is 3. The van der Waals surface area contributed by atoms with Crippen LogP contribution in [0.25, 0.3) is 0 Å². The summed E-state index contributed by atoms with van der Waals surface area (Å²) in [5.41, 5.74) is 6.36. The van der Waals surface area contributed by atoms with E-state index >= 15 is 0 Å². The Balaban J connectivity index is 1.86. The summed E-state index contributed by atoms with van der Waals surface area (Å²) in [5.74, 6) is -0.185. The molecular weight excluding hydrogens is 342 g/mol. The summed E-state index contributed by atoms with van der Waals surface area (Å²) in [5, 5.41) is 7.17. The highest BCUT2D eigenvalue weighted by atomic mass is 79.9. The maximum Gasteiger partial charge on any atom is 0.259 e. The summed E-state index contributed by atoms with van der Waals surface area (Å²) in [6.45, 7) is 4.06. The third kappa shape index (κ3) is 5.00. The average molecular weight is 360 g/mol. The van der Waals surface area contributed by atoms with E-state index in [0.717, 1.165) is 21.4 Å². The van der Waals surface area contributed by atoms with Gasteiger partial charge in [-0.15, -0.1) is 0 Å². The standard InChI is InChI=1S/C17H18BrN3O/c1-12-6-8-16(9-7-12)19-11-17(22)21-20-13(2)14-4-3-5-15(18)10-14/h3-10,19H,11H2,1-2H3,(H,21,22)/b20-13-. The van der Waals surface area contributed by atoms with Gasteiger partial charge in [0.1, 0.15) is 0 Å². The number of benzene rings is 2. The van der Waals surface area contributed by atoms with Crippen LogP contribution in [0.3, 0.4) is 0 Å². The molecule has 0 atom stereocenters. The van der Waals surface area contributed by atoms with Crippen LogP contribution in [0.4, 0.5) is 5.69 Å². The first kappa shape index (κ1) is 16.2. The highest BCUT2D eigenvalue weighted by Crippen LogP contribution is 2.12. The van der Waals surface area contributed by atoms with Crippen LogP contribution in [0.1, 0.15) is 18.1 Å². The Morgan fingerprint density at radius 1 is 1.18 bits per heavy atom. The normalized spacial score (nSPS) is 11.1. The molecule has 1 amide bonds. The molecule has 0 spiro atoms. The number of halogens is 1. The lowest BCUT2D eigenvalue weighted by Gasteiger charge is -2.06. The molecule has 2 aromatic rings. The highest BCUT2D eigenvalue weighted by molar-refractivity contribution is 9.10. The minimum Gasteiger partial charge on any atom is -0.376 e. The summed E-state index contributed by atoms with van der Waals surface area (Å²) in [4.78, 5) is 11.8. The van der Waals surface area contributed by atoms with Crippen LogP contribution in [-0.4, -0.2) is 18.2 Å². The predicted molar refractivity (Wildman–Crippen MR) is 94.2 cm³/mol. The topological polar surface area (TPSA) is 53.5 Å². The molecule has 0 aliphatic heterocycles. The van der Waals surface area contributed by atoms with Crippen molar-refractivity contribution >= 4 is 33.2 Å². The molecule has 0 heterocycles. The van der Waals surface area contributed by atoms with Gasteiger partial charge in [-0.05, 0) is 43.7 Å². The summed E-state index contributed by atoms with van der Waals surface area (Å²) < 4.78 is 0.979. The Labute approximate surface area is 138 Å². The Morgan fingerprint density at radius 3 is 2.59 bits per heavy atom. The first-order valence-corrected chi connectivity index (χ1v) is 7.73. The molecule has 22 heavy (non-hydrogen) atoms. The molecular formula is C17H18BrN3O. The van der Waals surface area contributed by atoms with Gasteiger partial charge in [-0.3, -0.25) is 4.79 Å². The Kier molecular flexibility index (Phi) is 5.72. The van der Waals surface area contributed by atoms with Crippen molar-refractivity contribution in [2.24, 2.45) is 5.10 Å². The van der Waals surface area contributed by atoms with E-state index in [2.05, 4.69) is 31.8 Å². The molecule has 0 radical (unpaired) electrons. The van der Waals surface area contributed by atoms with E-state index in [-0.39, 0.29) is 12.5 Å². The Morgan fingerprint density at radius 2 is 1.91 bits per heavy atom. The quantitative estimate of drug-likeness (QED) is 0.631. The van der Waals surface area contributed by atoms with Crippen LogP contribution in [-0.2, 0) is 4.79 Å². The summed E-state index contributed by atoms with van der Waals surface area (Å²) in [6.07, 6.45) is 0. The molecule has 5 heteroatoms. The van der Waals surface area contributed by atoms with Gasteiger partial charge in [0.25, 0.3) is 5.91 Å². The molecule has 0 saturated carbocycles. The minimum atomic E-state index is -0.185. The van der Waals surface area contributed by atoms with Gasteiger partial charge in [0.2, 0.25) is 0 Å². The number of carbonyl (C=O) groups is 1. The lowest BCUT2D eigenvalue weighted by atomic mass is 10.1.